The second kappa shape index (κ2) is 8.47. The summed E-state index contributed by atoms with van der Waals surface area (Å²) in [4.78, 5) is 12.9. The first-order valence-electron chi connectivity index (χ1n) is 10.1. The van der Waals surface area contributed by atoms with Gasteiger partial charge >= 0.3 is 12.1 Å². The topological polar surface area (TPSA) is 88.8 Å². The molecule has 1 aliphatic heterocycles. The lowest BCUT2D eigenvalue weighted by atomic mass is 10.1. The molecule has 0 radical (unpaired) electrons. The minimum absolute atomic E-state index is 0.0542. The molecule has 1 aliphatic rings. The minimum Gasteiger partial charge on any atom is -0.437 e. The summed E-state index contributed by atoms with van der Waals surface area (Å²) in [5, 5.41) is 10.6. The van der Waals surface area contributed by atoms with Gasteiger partial charge in [-0.3, -0.25) is 4.90 Å². The number of halogens is 3. The summed E-state index contributed by atoms with van der Waals surface area (Å²) in [5.41, 5.74) is 1.61. The van der Waals surface area contributed by atoms with Gasteiger partial charge in [0.1, 0.15) is 6.10 Å². The molecule has 1 fully saturated rings. The number of aromatic nitrogens is 1. The number of hydrogen-bond donors (Lipinski definition) is 1. The second-order valence-corrected chi connectivity index (χ2v) is 9.64. The molecular weight excluding hydrogens is 461 g/mol. The number of nitrogens with zero attached hydrogens (tertiary/aromatic N) is 2. The van der Waals surface area contributed by atoms with Crippen LogP contribution in [0.15, 0.2) is 59.6 Å². The third-order valence-corrected chi connectivity index (χ3v) is 7.50. The standard InChI is InChI=1S/C22H21F3N2O5S/c1-14-5-2-3-8-19(14)33(30,31)27-12-9-16-15(6-4-7-17(16)27)13-26-11-10-18(28)20(26)32-21(29)22(23,24)25/h2-9,12,18,20,28H,10-11,13H2,1H3. The molecule has 2 heterocycles. The first kappa shape index (κ1) is 23.3. The quantitative estimate of drug-likeness (QED) is 0.562. The Labute approximate surface area is 188 Å². The van der Waals surface area contributed by atoms with Gasteiger partial charge in [0.05, 0.1) is 10.4 Å². The van der Waals surface area contributed by atoms with Crippen LogP contribution in [0.4, 0.5) is 13.2 Å². The van der Waals surface area contributed by atoms with Crippen molar-refractivity contribution in [1.29, 1.82) is 0 Å². The molecule has 1 saturated heterocycles. The van der Waals surface area contributed by atoms with E-state index < -0.39 is 34.5 Å². The zero-order valence-corrected chi connectivity index (χ0v) is 18.3. The number of aliphatic hydroxyl groups is 1. The fourth-order valence-corrected chi connectivity index (χ4v) is 5.61. The molecule has 2 atom stereocenters. The zero-order valence-electron chi connectivity index (χ0n) is 17.5. The van der Waals surface area contributed by atoms with Crippen LogP contribution >= 0.6 is 0 Å². The molecule has 2 aromatic carbocycles. The summed E-state index contributed by atoms with van der Waals surface area (Å²) < 4.78 is 70.1. The fraction of sp³-hybridized carbons (Fsp3) is 0.318. The number of likely N-dealkylation sites (tertiary alicyclic amines) is 1. The number of hydrogen-bond acceptors (Lipinski definition) is 6. The lowest BCUT2D eigenvalue weighted by molar-refractivity contribution is -0.216. The van der Waals surface area contributed by atoms with Gasteiger partial charge in [0, 0.05) is 24.7 Å². The highest BCUT2D eigenvalue weighted by Crippen LogP contribution is 2.30. The van der Waals surface area contributed by atoms with Crippen molar-refractivity contribution >= 4 is 26.9 Å². The van der Waals surface area contributed by atoms with E-state index in [1.807, 2.05) is 0 Å². The molecular formula is C22H21F3N2O5S. The van der Waals surface area contributed by atoms with Crippen LogP contribution in [-0.2, 0) is 26.1 Å². The molecule has 0 aliphatic carbocycles. The van der Waals surface area contributed by atoms with Crippen molar-refractivity contribution in [3.63, 3.8) is 0 Å². The lowest BCUT2D eigenvalue weighted by Gasteiger charge is -2.26. The molecule has 4 rings (SSSR count). The highest BCUT2D eigenvalue weighted by molar-refractivity contribution is 7.90. The number of alkyl halides is 3. The third-order valence-electron chi connectivity index (χ3n) is 5.65. The average molecular weight is 482 g/mol. The van der Waals surface area contributed by atoms with Crippen LogP contribution < -0.4 is 0 Å². The van der Waals surface area contributed by atoms with Crippen molar-refractivity contribution in [2.45, 2.75) is 43.3 Å². The number of benzene rings is 2. The van der Waals surface area contributed by atoms with Crippen molar-refractivity contribution in [2.75, 3.05) is 6.54 Å². The molecule has 0 amide bonds. The Kier molecular flexibility index (Phi) is 5.97. The van der Waals surface area contributed by atoms with Crippen molar-refractivity contribution < 1.29 is 36.2 Å². The van der Waals surface area contributed by atoms with Crippen molar-refractivity contribution in [1.82, 2.24) is 8.87 Å². The largest absolute Gasteiger partial charge is 0.490 e. The molecule has 176 valence electrons. The first-order valence-corrected chi connectivity index (χ1v) is 11.5. The Morgan fingerprint density at radius 1 is 1.15 bits per heavy atom. The van der Waals surface area contributed by atoms with Gasteiger partial charge in [0.25, 0.3) is 10.0 Å². The van der Waals surface area contributed by atoms with Gasteiger partial charge in [0.15, 0.2) is 6.23 Å². The lowest BCUT2D eigenvalue weighted by Crippen LogP contribution is -2.42. The van der Waals surface area contributed by atoms with Crippen LogP contribution in [0.2, 0.25) is 0 Å². The predicted octanol–water partition coefficient (Wildman–Crippen LogP) is 3.18. The van der Waals surface area contributed by atoms with Crippen LogP contribution in [0.5, 0.6) is 0 Å². The molecule has 0 spiro atoms. The van der Waals surface area contributed by atoms with Gasteiger partial charge in [-0.1, -0.05) is 30.3 Å². The average Bonchev–Trinajstić information content (AvgIpc) is 3.33. The van der Waals surface area contributed by atoms with Crippen LogP contribution in [-0.4, -0.2) is 53.4 Å². The van der Waals surface area contributed by atoms with E-state index in [0.717, 1.165) is 3.97 Å². The number of ether oxygens (including phenoxy) is 1. The zero-order chi connectivity index (χ0) is 24.0. The maximum Gasteiger partial charge on any atom is 0.490 e. The van der Waals surface area contributed by atoms with E-state index in [1.54, 1.807) is 49.4 Å². The molecule has 2 unspecified atom stereocenters. The number of aryl methyl sites for hydroxylation is 1. The predicted molar refractivity (Wildman–Crippen MR) is 113 cm³/mol. The highest BCUT2D eigenvalue weighted by Gasteiger charge is 2.46. The van der Waals surface area contributed by atoms with E-state index >= 15 is 0 Å². The number of aliphatic hydroxyl groups excluding tert-OH is 1. The molecule has 11 heteroatoms. The Bertz CT molecular complexity index is 1300. The number of rotatable bonds is 5. The van der Waals surface area contributed by atoms with E-state index in [1.165, 1.54) is 17.2 Å². The van der Waals surface area contributed by atoms with Gasteiger partial charge in [-0.25, -0.2) is 17.2 Å². The maximum atomic E-state index is 13.3. The number of fused-ring (bicyclic) bond motifs is 1. The molecule has 7 nitrogen and oxygen atoms in total. The SMILES string of the molecule is Cc1ccccc1S(=O)(=O)n1ccc2c(CN3CCC(O)C3OC(=O)C(F)(F)F)cccc21. The number of carbonyl (C=O) groups is 1. The maximum absolute atomic E-state index is 13.3. The van der Waals surface area contributed by atoms with Gasteiger partial charge in [-0.05, 0) is 42.7 Å². The monoisotopic (exact) mass is 482 g/mol. The number of esters is 1. The Hall–Kier alpha value is -2.89. The highest BCUT2D eigenvalue weighted by atomic mass is 32.2. The normalized spacial score (nSPS) is 19.8. The van der Waals surface area contributed by atoms with Gasteiger partial charge < -0.3 is 9.84 Å². The minimum atomic E-state index is -5.17. The summed E-state index contributed by atoms with van der Waals surface area (Å²) in [6.45, 7) is 1.96. The van der Waals surface area contributed by atoms with Crippen LogP contribution in [0.1, 0.15) is 17.5 Å². The summed E-state index contributed by atoms with van der Waals surface area (Å²) in [7, 11) is -3.88. The van der Waals surface area contributed by atoms with Crippen molar-refractivity contribution in [3.8, 4) is 0 Å². The Balaban J connectivity index is 1.66. The molecule has 0 bridgehead atoms. The van der Waals surface area contributed by atoms with Crippen molar-refractivity contribution in [2.24, 2.45) is 0 Å². The summed E-state index contributed by atoms with van der Waals surface area (Å²) in [5.74, 6) is -2.37. The fourth-order valence-electron chi connectivity index (χ4n) is 4.03. The van der Waals surface area contributed by atoms with E-state index in [4.69, 9.17) is 0 Å². The molecule has 33 heavy (non-hydrogen) atoms. The van der Waals surface area contributed by atoms with Gasteiger partial charge in [0.2, 0.25) is 0 Å². The second-order valence-electron chi connectivity index (χ2n) is 7.85. The molecule has 3 aromatic rings. The summed E-state index contributed by atoms with van der Waals surface area (Å²) in [6.07, 6.45) is -6.33. The molecule has 1 aromatic heterocycles. The Morgan fingerprint density at radius 2 is 1.88 bits per heavy atom. The Morgan fingerprint density at radius 3 is 2.58 bits per heavy atom. The summed E-state index contributed by atoms with van der Waals surface area (Å²) in [6, 6.07) is 13.2. The van der Waals surface area contributed by atoms with Crippen molar-refractivity contribution in [3.05, 3.63) is 65.9 Å². The number of carbonyl (C=O) groups excluding carboxylic acids is 1. The van der Waals surface area contributed by atoms with Crippen LogP contribution in [0, 0.1) is 6.92 Å². The van der Waals surface area contributed by atoms with Crippen LogP contribution in [0.25, 0.3) is 10.9 Å². The van der Waals surface area contributed by atoms with Crippen LogP contribution in [0.3, 0.4) is 0 Å². The summed E-state index contributed by atoms with van der Waals surface area (Å²) >= 11 is 0. The third kappa shape index (κ3) is 4.35. The molecule has 0 saturated carbocycles. The van der Waals surface area contributed by atoms with E-state index in [9.17, 15) is 31.5 Å². The van der Waals surface area contributed by atoms with E-state index in [-0.39, 0.29) is 24.4 Å². The van der Waals surface area contributed by atoms with Gasteiger partial charge in [-0.15, -0.1) is 0 Å². The van der Waals surface area contributed by atoms with E-state index in [0.29, 0.717) is 22.0 Å². The smallest absolute Gasteiger partial charge is 0.437 e. The van der Waals surface area contributed by atoms with E-state index in [2.05, 4.69) is 4.74 Å². The van der Waals surface area contributed by atoms with Gasteiger partial charge in [-0.2, -0.15) is 13.2 Å². The molecule has 1 N–H and O–H groups in total. The first-order chi connectivity index (χ1) is 15.5.